The monoisotopic (exact) mass is 367 g/mol. The molecule has 0 bridgehead atoms. The molecule has 0 unspecified atom stereocenters. The van der Waals surface area contributed by atoms with Crippen molar-refractivity contribution >= 4 is 40.1 Å². The topological polar surface area (TPSA) is 67.9 Å². The molecule has 0 aliphatic carbocycles. The Morgan fingerprint density at radius 3 is 1.92 bits per heavy atom. The first-order valence-corrected chi connectivity index (χ1v) is 8.78. The van der Waals surface area contributed by atoms with Gasteiger partial charge in [-0.05, 0) is 35.4 Å². The standard InChI is InChI=1S/C20H18ClN3O2/c1-19(2)13-9-11(21)5-7-15(13)22-17(19)18-20(3,4)14-10-12(24(25)26)6-8-16(14)23-18/h5-10H,1-4H3. The molecule has 2 aliphatic rings. The lowest BCUT2D eigenvalue weighted by Gasteiger charge is -2.29. The maximum Gasteiger partial charge on any atom is 0.269 e. The van der Waals surface area contributed by atoms with Gasteiger partial charge in [0.25, 0.3) is 5.69 Å². The Hall–Kier alpha value is -2.53. The highest BCUT2D eigenvalue weighted by atomic mass is 35.5. The van der Waals surface area contributed by atoms with E-state index in [1.54, 1.807) is 12.1 Å². The molecule has 0 fully saturated rings. The summed E-state index contributed by atoms with van der Waals surface area (Å²) in [4.78, 5) is 20.5. The second-order valence-electron chi connectivity index (χ2n) is 7.79. The van der Waals surface area contributed by atoms with Crippen molar-refractivity contribution in [3.8, 4) is 0 Å². The number of rotatable bonds is 2. The van der Waals surface area contributed by atoms with Gasteiger partial charge in [-0.25, -0.2) is 0 Å². The van der Waals surface area contributed by atoms with Gasteiger partial charge >= 0.3 is 0 Å². The predicted molar refractivity (Wildman–Crippen MR) is 105 cm³/mol. The van der Waals surface area contributed by atoms with Crippen molar-refractivity contribution < 1.29 is 4.92 Å². The second-order valence-corrected chi connectivity index (χ2v) is 8.23. The number of fused-ring (bicyclic) bond motifs is 2. The number of nitro benzene ring substituents is 1. The SMILES string of the molecule is CC1(C)C(C2=Nc3ccc([N+](=O)[O-])cc3C2(C)C)=Nc2ccc(Cl)cc21. The van der Waals surface area contributed by atoms with Crippen molar-refractivity contribution in [3.63, 3.8) is 0 Å². The lowest BCUT2D eigenvalue weighted by atomic mass is 9.72. The van der Waals surface area contributed by atoms with E-state index in [9.17, 15) is 10.1 Å². The van der Waals surface area contributed by atoms with Crippen molar-refractivity contribution in [2.45, 2.75) is 38.5 Å². The second kappa shape index (κ2) is 5.24. The third kappa shape index (κ3) is 2.23. The fourth-order valence-electron chi connectivity index (χ4n) is 3.82. The largest absolute Gasteiger partial charge is 0.269 e. The number of halogens is 1. The quantitative estimate of drug-likeness (QED) is 0.506. The van der Waals surface area contributed by atoms with Crippen LogP contribution in [0.15, 0.2) is 46.4 Å². The molecule has 0 spiro atoms. The molecule has 0 N–H and O–H groups in total. The number of benzene rings is 2. The molecular weight excluding hydrogens is 350 g/mol. The number of nitrogens with zero attached hydrogens (tertiary/aromatic N) is 3. The summed E-state index contributed by atoms with van der Waals surface area (Å²) in [5.41, 5.74) is 4.60. The number of hydrogen-bond donors (Lipinski definition) is 0. The number of nitro groups is 1. The van der Waals surface area contributed by atoms with Crippen LogP contribution in [0.25, 0.3) is 0 Å². The van der Waals surface area contributed by atoms with E-state index in [-0.39, 0.29) is 16.0 Å². The fraction of sp³-hybridized carbons (Fsp3) is 0.300. The summed E-state index contributed by atoms with van der Waals surface area (Å²) in [7, 11) is 0. The van der Waals surface area contributed by atoms with Gasteiger partial charge in [0, 0.05) is 28.0 Å². The smallest absolute Gasteiger partial charge is 0.258 e. The van der Waals surface area contributed by atoms with E-state index < -0.39 is 5.41 Å². The highest BCUT2D eigenvalue weighted by Gasteiger charge is 2.46. The molecule has 2 aromatic carbocycles. The Morgan fingerprint density at radius 1 is 0.885 bits per heavy atom. The molecule has 6 heteroatoms. The molecule has 0 amide bonds. The lowest BCUT2D eigenvalue weighted by Crippen LogP contribution is -2.40. The molecule has 0 saturated heterocycles. The first kappa shape index (κ1) is 16.9. The van der Waals surface area contributed by atoms with Crippen LogP contribution in [0.1, 0.15) is 38.8 Å². The first-order chi connectivity index (χ1) is 12.1. The fourth-order valence-corrected chi connectivity index (χ4v) is 3.99. The van der Waals surface area contributed by atoms with Crippen LogP contribution in [0.3, 0.4) is 0 Å². The molecule has 26 heavy (non-hydrogen) atoms. The zero-order valence-corrected chi connectivity index (χ0v) is 15.8. The number of hydrogen-bond acceptors (Lipinski definition) is 4. The molecule has 2 heterocycles. The molecule has 0 aromatic heterocycles. The van der Waals surface area contributed by atoms with Gasteiger partial charge in [-0.3, -0.25) is 20.1 Å². The summed E-state index contributed by atoms with van der Waals surface area (Å²) in [6, 6.07) is 10.5. The van der Waals surface area contributed by atoms with Crippen LogP contribution in [0.4, 0.5) is 17.1 Å². The normalized spacial score (nSPS) is 18.8. The van der Waals surface area contributed by atoms with Crippen LogP contribution in [-0.4, -0.2) is 16.3 Å². The maximum absolute atomic E-state index is 11.2. The van der Waals surface area contributed by atoms with Gasteiger partial charge in [0.15, 0.2) is 0 Å². The Bertz CT molecular complexity index is 1040. The summed E-state index contributed by atoms with van der Waals surface area (Å²) < 4.78 is 0. The van der Waals surface area contributed by atoms with Gasteiger partial charge in [0.2, 0.25) is 0 Å². The van der Waals surface area contributed by atoms with Crippen LogP contribution >= 0.6 is 11.6 Å². The first-order valence-electron chi connectivity index (χ1n) is 8.40. The third-order valence-corrected chi connectivity index (χ3v) is 5.60. The van der Waals surface area contributed by atoms with E-state index >= 15 is 0 Å². The molecule has 0 saturated carbocycles. The van der Waals surface area contributed by atoms with Gasteiger partial charge in [-0.15, -0.1) is 0 Å². The molecule has 0 radical (unpaired) electrons. The van der Waals surface area contributed by atoms with Crippen LogP contribution in [0.2, 0.25) is 5.02 Å². The van der Waals surface area contributed by atoms with E-state index in [1.807, 2.05) is 32.0 Å². The van der Waals surface area contributed by atoms with E-state index in [2.05, 4.69) is 13.8 Å². The maximum atomic E-state index is 11.2. The minimum absolute atomic E-state index is 0.0796. The van der Waals surface area contributed by atoms with E-state index in [0.29, 0.717) is 5.02 Å². The number of non-ortho nitro benzene ring substituents is 1. The average molecular weight is 368 g/mol. The summed E-state index contributed by atoms with van der Waals surface area (Å²) in [5.74, 6) is 0. The zero-order chi connectivity index (χ0) is 18.9. The van der Waals surface area contributed by atoms with Gasteiger partial charge < -0.3 is 0 Å². The van der Waals surface area contributed by atoms with Crippen LogP contribution in [0.5, 0.6) is 0 Å². The van der Waals surface area contributed by atoms with E-state index in [0.717, 1.165) is 33.9 Å². The molecule has 2 aliphatic heterocycles. The molecular formula is C20H18ClN3O2. The minimum atomic E-state index is -0.469. The molecule has 4 rings (SSSR count). The lowest BCUT2D eigenvalue weighted by molar-refractivity contribution is -0.384. The number of aliphatic imine (C=N–C) groups is 2. The Morgan fingerprint density at radius 2 is 1.38 bits per heavy atom. The van der Waals surface area contributed by atoms with Crippen molar-refractivity contribution in [1.82, 2.24) is 0 Å². The van der Waals surface area contributed by atoms with Crippen LogP contribution in [-0.2, 0) is 10.8 Å². The van der Waals surface area contributed by atoms with Crippen molar-refractivity contribution in [2.75, 3.05) is 0 Å². The van der Waals surface area contributed by atoms with E-state index in [4.69, 9.17) is 21.6 Å². The van der Waals surface area contributed by atoms with Gasteiger partial charge in [-0.2, -0.15) is 0 Å². The van der Waals surface area contributed by atoms with Gasteiger partial charge in [-0.1, -0.05) is 39.3 Å². The highest BCUT2D eigenvalue weighted by molar-refractivity contribution is 6.51. The van der Waals surface area contributed by atoms with Gasteiger partial charge in [0.1, 0.15) is 0 Å². The third-order valence-electron chi connectivity index (χ3n) is 5.37. The van der Waals surface area contributed by atoms with Crippen molar-refractivity contribution in [2.24, 2.45) is 9.98 Å². The summed E-state index contributed by atoms with van der Waals surface area (Å²) >= 11 is 6.19. The molecule has 132 valence electrons. The predicted octanol–water partition coefficient (Wildman–Crippen LogP) is 5.68. The van der Waals surface area contributed by atoms with Crippen LogP contribution < -0.4 is 0 Å². The summed E-state index contributed by atoms with van der Waals surface area (Å²) in [6.45, 7) is 8.29. The average Bonchev–Trinajstić information content (AvgIpc) is 2.98. The molecule has 0 atom stereocenters. The van der Waals surface area contributed by atoms with Crippen LogP contribution in [0, 0.1) is 10.1 Å². The van der Waals surface area contributed by atoms with E-state index in [1.165, 1.54) is 6.07 Å². The van der Waals surface area contributed by atoms with Gasteiger partial charge in [0.05, 0.1) is 27.7 Å². The Balaban J connectivity index is 1.84. The zero-order valence-electron chi connectivity index (χ0n) is 15.0. The highest BCUT2D eigenvalue weighted by Crippen LogP contribution is 2.48. The molecule has 5 nitrogen and oxygen atoms in total. The minimum Gasteiger partial charge on any atom is -0.258 e. The van der Waals surface area contributed by atoms with Crippen molar-refractivity contribution in [3.05, 3.63) is 62.7 Å². The Kier molecular flexibility index (Phi) is 3.41. The molecule has 2 aromatic rings. The Labute approximate surface area is 156 Å². The summed E-state index contributed by atoms with van der Waals surface area (Å²) in [5, 5.41) is 11.8. The van der Waals surface area contributed by atoms with Crippen molar-refractivity contribution in [1.29, 1.82) is 0 Å². The summed E-state index contributed by atoms with van der Waals surface area (Å²) in [6.07, 6.45) is 0.